The summed E-state index contributed by atoms with van der Waals surface area (Å²) in [6.07, 6.45) is 10.8. The molecule has 2 N–H and O–H groups in total. The van der Waals surface area contributed by atoms with E-state index in [-0.39, 0.29) is 6.42 Å². The Labute approximate surface area is 222 Å². The number of rotatable bonds is 13. The number of aliphatic carboxylic acids is 1. The van der Waals surface area contributed by atoms with Crippen molar-refractivity contribution in [2.45, 2.75) is 49.7 Å². The topological polar surface area (TPSA) is 109 Å². The molecule has 3 aromatic rings. The van der Waals surface area contributed by atoms with Crippen molar-refractivity contribution in [3.05, 3.63) is 54.6 Å². The van der Waals surface area contributed by atoms with Crippen molar-refractivity contribution in [1.29, 1.82) is 0 Å². The quantitative estimate of drug-likeness (QED) is 0.240. The molecule has 0 saturated carbocycles. The van der Waals surface area contributed by atoms with Gasteiger partial charge in [0.05, 0.1) is 24.9 Å². The number of aliphatic hydroxyl groups is 1. The van der Waals surface area contributed by atoms with Gasteiger partial charge in [-0.3, -0.25) is 14.8 Å². The summed E-state index contributed by atoms with van der Waals surface area (Å²) >= 11 is 1.72. The number of pyridine rings is 1. The molecule has 8 nitrogen and oxygen atoms in total. The largest absolute Gasteiger partial charge is 0.497 e. The third-order valence-electron chi connectivity index (χ3n) is 7.26. The summed E-state index contributed by atoms with van der Waals surface area (Å²) in [6.45, 7) is 2.92. The Morgan fingerprint density at radius 1 is 1.19 bits per heavy atom. The molecule has 3 atom stereocenters. The van der Waals surface area contributed by atoms with E-state index in [2.05, 4.69) is 19.9 Å². The first-order valence-corrected chi connectivity index (χ1v) is 14.0. The molecule has 1 saturated heterocycles. The zero-order valence-corrected chi connectivity index (χ0v) is 22.1. The van der Waals surface area contributed by atoms with Crippen LogP contribution in [0.1, 0.15) is 50.2 Å². The van der Waals surface area contributed by atoms with E-state index in [9.17, 15) is 15.0 Å². The number of hydrogen-bond donors (Lipinski definition) is 2. The summed E-state index contributed by atoms with van der Waals surface area (Å²) in [5.41, 5.74) is 1.70. The second-order valence-corrected chi connectivity index (χ2v) is 10.8. The van der Waals surface area contributed by atoms with Gasteiger partial charge in [-0.15, -0.1) is 11.8 Å². The molecule has 1 aliphatic rings. The monoisotopic (exact) mass is 524 g/mol. The fourth-order valence-corrected chi connectivity index (χ4v) is 6.04. The van der Waals surface area contributed by atoms with E-state index in [1.54, 1.807) is 43.7 Å². The van der Waals surface area contributed by atoms with Crippen molar-refractivity contribution >= 4 is 28.6 Å². The molecule has 0 bridgehead atoms. The molecule has 4 rings (SSSR count). The Morgan fingerprint density at radius 2 is 2.08 bits per heavy atom. The third-order valence-corrected chi connectivity index (χ3v) is 8.26. The second kappa shape index (κ2) is 13.7. The first-order valence-electron chi connectivity index (χ1n) is 13.0. The number of benzene rings is 1. The van der Waals surface area contributed by atoms with Crippen LogP contribution in [-0.4, -0.2) is 68.5 Å². The van der Waals surface area contributed by atoms with Crippen LogP contribution in [0.2, 0.25) is 0 Å². The molecule has 1 unspecified atom stereocenters. The highest BCUT2D eigenvalue weighted by molar-refractivity contribution is 7.99. The van der Waals surface area contributed by atoms with Crippen LogP contribution in [0.25, 0.3) is 10.9 Å². The van der Waals surface area contributed by atoms with Gasteiger partial charge in [0, 0.05) is 42.7 Å². The molecule has 0 spiro atoms. The SMILES string of the molecule is COc1ccc2nccc(C(O)CC[C@@H]3CCN(CCCSc4cnccn4)C[C@@H]3CCC(=O)O)c2c1. The van der Waals surface area contributed by atoms with Gasteiger partial charge < -0.3 is 19.8 Å². The van der Waals surface area contributed by atoms with Gasteiger partial charge in [-0.1, -0.05) is 0 Å². The summed E-state index contributed by atoms with van der Waals surface area (Å²) in [5, 5.41) is 22.3. The number of aliphatic hydroxyl groups excluding tert-OH is 1. The standard InChI is InChI=1S/C28H36N4O4S/c1-36-22-5-6-25-24(17-22)23(9-11-30-25)26(33)7-3-20-10-15-32(19-21(20)4-8-28(34)35)14-2-16-37-27-18-29-12-13-31-27/h5-6,9,11-13,17-18,20-21,26,33H,2-4,7-8,10,14-16,19H2,1H3,(H,34,35)/t20-,21+,26?/m1/s1. The first kappa shape index (κ1) is 27.3. The molecule has 3 heterocycles. The number of carbonyl (C=O) groups is 1. The summed E-state index contributed by atoms with van der Waals surface area (Å²) in [4.78, 5) is 26.6. The molecule has 0 amide bonds. The van der Waals surface area contributed by atoms with E-state index in [0.29, 0.717) is 24.7 Å². The summed E-state index contributed by atoms with van der Waals surface area (Å²) < 4.78 is 5.37. The number of hydrogen-bond acceptors (Lipinski definition) is 8. The number of methoxy groups -OCH3 is 1. The van der Waals surface area contributed by atoms with Gasteiger partial charge in [-0.25, -0.2) is 4.98 Å². The maximum atomic E-state index is 11.3. The van der Waals surface area contributed by atoms with E-state index < -0.39 is 12.1 Å². The Hall–Kier alpha value is -2.75. The highest BCUT2D eigenvalue weighted by Crippen LogP contribution is 2.35. The van der Waals surface area contributed by atoms with Crippen molar-refractivity contribution < 1.29 is 19.7 Å². The van der Waals surface area contributed by atoms with Crippen LogP contribution in [0.5, 0.6) is 5.75 Å². The van der Waals surface area contributed by atoms with Gasteiger partial charge in [0.2, 0.25) is 0 Å². The van der Waals surface area contributed by atoms with Crippen molar-refractivity contribution in [3.63, 3.8) is 0 Å². The molecule has 198 valence electrons. The zero-order valence-electron chi connectivity index (χ0n) is 21.3. The van der Waals surface area contributed by atoms with Gasteiger partial charge in [-0.2, -0.15) is 0 Å². The van der Waals surface area contributed by atoms with Crippen LogP contribution < -0.4 is 4.74 Å². The van der Waals surface area contributed by atoms with Crippen molar-refractivity contribution in [2.24, 2.45) is 11.8 Å². The molecule has 0 radical (unpaired) electrons. The predicted molar refractivity (Wildman–Crippen MR) is 145 cm³/mol. The van der Waals surface area contributed by atoms with Gasteiger partial charge in [0.1, 0.15) is 10.8 Å². The van der Waals surface area contributed by atoms with Crippen LogP contribution in [0.15, 0.2) is 54.1 Å². The number of carboxylic acids is 1. The Kier molecular flexibility index (Phi) is 10.1. The molecule has 2 aromatic heterocycles. The lowest BCUT2D eigenvalue weighted by Crippen LogP contribution is -2.41. The molecule has 0 aliphatic carbocycles. The molecule has 9 heteroatoms. The third kappa shape index (κ3) is 7.87. The molecular weight excluding hydrogens is 488 g/mol. The van der Waals surface area contributed by atoms with Crippen molar-refractivity contribution in [1.82, 2.24) is 19.9 Å². The number of ether oxygens (including phenoxy) is 1. The maximum absolute atomic E-state index is 11.3. The maximum Gasteiger partial charge on any atom is 0.303 e. The van der Waals surface area contributed by atoms with Crippen LogP contribution in [0, 0.1) is 11.8 Å². The van der Waals surface area contributed by atoms with E-state index in [4.69, 9.17) is 4.74 Å². The van der Waals surface area contributed by atoms with E-state index in [1.165, 1.54) is 0 Å². The van der Waals surface area contributed by atoms with Crippen molar-refractivity contribution in [3.8, 4) is 5.75 Å². The Bertz CT molecular complexity index is 1150. The lowest BCUT2D eigenvalue weighted by molar-refractivity contribution is -0.137. The van der Waals surface area contributed by atoms with Gasteiger partial charge >= 0.3 is 5.97 Å². The fourth-order valence-electron chi connectivity index (χ4n) is 5.29. The molecular formula is C28H36N4O4S. The van der Waals surface area contributed by atoms with Crippen LogP contribution in [-0.2, 0) is 4.79 Å². The van der Waals surface area contributed by atoms with Crippen molar-refractivity contribution in [2.75, 3.05) is 32.5 Å². The highest BCUT2D eigenvalue weighted by Gasteiger charge is 2.30. The lowest BCUT2D eigenvalue weighted by Gasteiger charge is -2.39. The van der Waals surface area contributed by atoms with Gasteiger partial charge in [0.15, 0.2) is 0 Å². The first-order chi connectivity index (χ1) is 18.0. The zero-order chi connectivity index (χ0) is 26.0. The van der Waals surface area contributed by atoms with Gasteiger partial charge in [-0.05, 0) is 86.9 Å². The highest BCUT2D eigenvalue weighted by atomic mass is 32.2. The molecule has 1 aromatic carbocycles. The average molecular weight is 525 g/mol. The minimum absolute atomic E-state index is 0.189. The Balaban J connectivity index is 1.32. The van der Waals surface area contributed by atoms with Crippen LogP contribution in [0.3, 0.4) is 0 Å². The number of nitrogens with zero attached hydrogens (tertiary/aromatic N) is 4. The number of fused-ring (bicyclic) bond motifs is 1. The van der Waals surface area contributed by atoms with Crippen LogP contribution in [0.4, 0.5) is 0 Å². The molecule has 1 fully saturated rings. The molecule has 1 aliphatic heterocycles. The summed E-state index contributed by atoms with van der Waals surface area (Å²) in [5.74, 6) is 1.70. The number of piperidine rings is 1. The predicted octanol–water partition coefficient (Wildman–Crippen LogP) is 4.83. The summed E-state index contributed by atoms with van der Waals surface area (Å²) in [6, 6.07) is 7.60. The minimum atomic E-state index is -0.742. The van der Waals surface area contributed by atoms with Gasteiger partial charge in [0.25, 0.3) is 0 Å². The second-order valence-electron chi connectivity index (χ2n) is 9.66. The van der Waals surface area contributed by atoms with Crippen LogP contribution >= 0.6 is 11.8 Å². The minimum Gasteiger partial charge on any atom is -0.497 e. The average Bonchev–Trinajstić information content (AvgIpc) is 2.93. The van der Waals surface area contributed by atoms with E-state index >= 15 is 0 Å². The summed E-state index contributed by atoms with van der Waals surface area (Å²) in [7, 11) is 1.63. The Morgan fingerprint density at radius 3 is 2.86 bits per heavy atom. The molecule has 37 heavy (non-hydrogen) atoms. The number of carboxylic acid groups (broad SMARTS) is 1. The lowest BCUT2D eigenvalue weighted by atomic mass is 9.79. The number of thioether (sulfide) groups is 1. The fraction of sp³-hybridized carbons (Fsp3) is 0.500. The number of aromatic nitrogens is 3. The normalized spacial score (nSPS) is 19.1. The van der Waals surface area contributed by atoms with E-state index in [0.717, 1.165) is 71.9 Å². The van der Waals surface area contributed by atoms with E-state index in [1.807, 2.05) is 24.3 Å². The number of likely N-dealkylation sites (tertiary alicyclic amines) is 1. The smallest absolute Gasteiger partial charge is 0.303 e.